The maximum atomic E-state index is 15.8. The number of epoxide rings is 1. The van der Waals surface area contributed by atoms with Gasteiger partial charge in [-0.1, -0.05) is 27.7 Å². The van der Waals surface area contributed by atoms with Crippen molar-refractivity contribution in [2.75, 3.05) is 6.61 Å². The number of hydrogen-bond acceptors (Lipinski definition) is 15. The summed E-state index contributed by atoms with van der Waals surface area (Å²) in [5, 5.41) is 12.8. The summed E-state index contributed by atoms with van der Waals surface area (Å²) >= 11 is 0. The fourth-order valence-electron chi connectivity index (χ4n) is 12.2. The minimum absolute atomic E-state index is 0.0810. The third-order valence-corrected chi connectivity index (χ3v) is 14.4. The molecule has 0 unspecified atom stereocenters. The van der Waals surface area contributed by atoms with Crippen molar-refractivity contribution in [3.8, 4) is 0 Å². The topological polar surface area (TPSA) is 204 Å². The molecule has 2 saturated heterocycles. The summed E-state index contributed by atoms with van der Waals surface area (Å²) in [5.41, 5.74) is -6.42. The quantitative estimate of drug-likeness (QED) is 0.230. The third kappa shape index (κ3) is 4.76. The number of aliphatic hydroxyl groups is 1. The van der Waals surface area contributed by atoms with Crippen LogP contribution in [0.4, 0.5) is 0 Å². The number of esters is 5. The van der Waals surface area contributed by atoms with Gasteiger partial charge in [-0.05, 0) is 43.7 Å². The Morgan fingerprint density at radius 2 is 1.52 bits per heavy atom. The van der Waals surface area contributed by atoms with Gasteiger partial charge in [0.2, 0.25) is 6.29 Å². The Morgan fingerprint density at radius 1 is 0.889 bits per heavy atom. The van der Waals surface area contributed by atoms with E-state index in [0.717, 1.165) is 26.3 Å². The molecule has 1 aromatic heterocycles. The number of ether oxygens (including phenoxy) is 7. The molecule has 296 valence electrons. The van der Waals surface area contributed by atoms with Gasteiger partial charge in [-0.2, -0.15) is 0 Å². The highest BCUT2D eigenvalue weighted by atomic mass is 16.7. The molecule has 2 bridgehead atoms. The van der Waals surface area contributed by atoms with E-state index in [1.54, 1.807) is 33.1 Å². The van der Waals surface area contributed by atoms with Crippen molar-refractivity contribution in [2.24, 2.45) is 39.4 Å². The van der Waals surface area contributed by atoms with Gasteiger partial charge in [0, 0.05) is 50.4 Å². The average Bonchev–Trinajstić information content (AvgIpc) is 3.45. The summed E-state index contributed by atoms with van der Waals surface area (Å²) in [6, 6.07) is 1.79. The number of carbonyl (C=O) groups excluding carboxylic acids is 6. The Hall–Kier alpha value is -3.82. The van der Waals surface area contributed by atoms with Gasteiger partial charge in [0.05, 0.1) is 48.1 Å². The average molecular weight is 759 g/mol. The largest absolute Gasteiger partial charge is 0.472 e. The van der Waals surface area contributed by atoms with Crippen LogP contribution in [0.2, 0.25) is 0 Å². The Bertz CT molecular complexity index is 1760. The zero-order chi connectivity index (χ0) is 39.5. The summed E-state index contributed by atoms with van der Waals surface area (Å²) in [4.78, 5) is 81.2. The number of ketones is 1. The predicted octanol–water partition coefficient (Wildman–Crippen LogP) is 3.18. The molecule has 54 heavy (non-hydrogen) atoms. The van der Waals surface area contributed by atoms with E-state index >= 15 is 4.79 Å². The molecule has 3 heterocycles. The van der Waals surface area contributed by atoms with Crippen LogP contribution in [-0.2, 0) is 61.9 Å². The van der Waals surface area contributed by atoms with Crippen LogP contribution in [0.3, 0.4) is 0 Å². The van der Waals surface area contributed by atoms with Gasteiger partial charge in [-0.25, -0.2) is 0 Å². The standard InChI is InChI=1S/C39H50O15/c1-10-17(2)33(46)53-34-35(7)24-14-25(44)37(9)29(38(24,16-48-34)32(52-21(6)43)28(49-18(3)40)31(35)51-20(5)42)27(45)30(50-19(4)41)36(8)23(22-11-12-47-15-22)13-26-39(36,37)54-26/h11-12,15,17,23-26,28-32,34,44H,10,13-14,16H2,1-9H3/t17-,23+,24+,25-,26-,28+,29+,30+,31-,32+,34-,35-,36-,37-,38+,39-/m1/s1. The lowest BCUT2D eigenvalue weighted by Crippen LogP contribution is -2.85. The number of aliphatic hydroxyl groups excluding tert-OH is 1. The van der Waals surface area contributed by atoms with E-state index in [-0.39, 0.29) is 13.0 Å². The zero-order valence-corrected chi connectivity index (χ0v) is 32.1. The Labute approximate surface area is 313 Å². The van der Waals surface area contributed by atoms with Crippen LogP contribution in [0.15, 0.2) is 23.0 Å². The first-order valence-corrected chi connectivity index (χ1v) is 18.7. The molecule has 1 aromatic rings. The van der Waals surface area contributed by atoms with Crippen LogP contribution in [0.5, 0.6) is 0 Å². The molecule has 15 heteroatoms. The molecular weight excluding hydrogens is 708 g/mol. The summed E-state index contributed by atoms with van der Waals surface area (Å²) in [5.74, 6) is -7.50. The first-order valence-electron chi connectivity index (χ1n) is 18.7. The van der Waals surface area contributed by atoms with Crippen molar-refractivity contribution < 1.29 is 71.4 Å². The van der Waals surface area contributed by atoms with Crippen LogP contribution in [-0.4, -0.2) is 95.9 Å². The van der Waals surface area contributed by atoms with Crippen molar-refractivity contribution in [3.05, 3.63) is 24.2 Å². The molecule has 4 saturated carbocycles. The molecule has 16 atom stereocenters. The van der Waals surface area contributed by atoms with Crippen LogP contribution >= 0.6 is 0 Å². The molecule has 0 amide bonds. The van der Waals surface area contributed by atoms with Gasteiger partial charge in [0.1, 0.15) is 5.60 Å². The van der Waals surface area contributed by atoms with E-state index in [9.17, 15) is 29.1 Å². The maximum Gasteiger partial charge on any atom is 0.310 e. The predicted molar refractivity (Wildman–Crippen MR) is 181 cm³/mol. The summed E-state index contributed by atoms with van der Waals surface area (Å²) < 4.78 is 48.9. The monoisotopic (exact) mass is 758 g/mol. The number of carbonyl (C=O) groups is 6. The molecule has 15 nitrogen and oxygen atoms in total. The second-order valence-electron chi connectivity index (χ2n) is 16.9. The zero-order valence-electron chi connectivity index (χ0n) is 32.1. The van der Waals surface area contributed by atoms with Crippen LogP contribution in [0.1, 0.15) is 93.1 Å². The number of rotatable bonds is 8. The first kappa shape index (κ1) is 38.5. The Kier molecular flexibility index (Phi) is 8.97. The third-order valence-electron chi connectivity index (χ3n) is 14.4. The van der Waals surface area contributed by atoms with Crippen LogP contribution < -0.4 is 0 Å². The molecule has 1 spiro atoms. The number of Topliss-reactive ketones (excluding diaryl/α,β-unsaturated/α-hetero) is 1. The van der Waals surface area contributed by atoms with Gasteiger partial charge < -0.3 is 42.7 Å². The van der Waals surface area contributed by atoms with Crippen molar-refractivity contribution in [3.63, 3.8) is 0 Å². The smallest absolute Gasteiger partial charge is 0.310 e. The SMILES string of the molecule is CC[C@@H](C)C(=O)O[C@H]1OC[C@@]23[C@H]4C(=O)[C@H](OC(C)=O)[C@@]5(C)[C@H](c6ccoc6)C[C@H]6O[C@]65[C@]4(C)[C@H](O)C[C@H]2[C@]1(C)[C@H](OC(C)=O)[C@H](OC(C)=O)[C@@H]3OC(C)=O. The van der Waals surface area contributed by atoms with Gasteiger partial charge in [0.15, 0.2) is 30.2 Å². The molecule has 0 radical (unpaired) electrons. The fraction of sp³-hybridized carbons (Fsp3) is 0.744. The van der Waals surface area contributed by atoms with Gasteiger partial charge in [-0.15, -0.1) is 0 Å². The second kappa shape index (κ2) is 12.6. The summed E-state index contributed by atoms with van der Waals surface area (Å²) in [6.07, 6.45) is -5.23. The van der Waals surface area contributed by atoms with E-state index in [1.165, 1.54) is 13.2 Å². The molecule has 1 N–H and O–H groups in total. The van der Waals surface area contributed by atoms with Gasteiger partial charge in [-0.3, -0.25) is 28.8 Å². The molecule has 7 rings (SSSR count). The molecule has 6 fully saturated rings. The molecular formula is C39H50O15. The minimum atomic E-state index is -1.65. The van der Waals surface area contributed by atoms with Crippen LogP contribution in [0, 0.1) is 39.4 Å². The number of hydrogen-bond donors (Lipinski definition) is 1. The molecule has 0 aromatic carbocycles. The van der Waals surface area contributed by atoms with Crippen molar-refractivity contribution in [1.82, 2.24) is 0 Å². The maximum absolute atomic E-state index is 15.8. The van der Waals surface area contributed by atoms with Crippen molar-refractivity contribution >= 4 is 35.6 Å². The minimum Gasteiger partial charge on any atom is -0.472 e. The first-order chi connectivity index (χ1) is 25.3. The van der Waals surface area contributed by atoms with Crippen molar-refractivity contribution in [1.29, 1.82) is 0 Å². The molecule has 2 aliphatic heterocycles. The molecule has 6 aliphatic rings. The molecule has 4 aliphatic carbocycles. The highest BCUT2D eigenvalue weighted by Crippen LogP contribution is 2.83. The fourth-order valence-corrected chi connectivity index (χ4v) is 12.2. The lowest BCUT2D eigenvalue weighted by molar-refractivity contribution is -0.391. The lowest BCUT2D eigenvalue weighted by atomic mass is 9.33. The highest BCUT2D eigenvalue weighted by Gasteiger charge is 2.93. The van der Waals surface area contributed by atoms with E-state index in [2.05, 4.69) is 0 Å². The number of fused-ring (bicyclic) bond motifs is 1. The van der Waals surface area contributed by atoms with E-state index in [1.807, 2.05) is 13.8 Å². The van der Waals surface area contributed by atoms with Gasteiger partial charge in [0.25, 0.3) is 0 Å². The van der Waals surface area contributed by atoms with E-state index < -0.39 is 129 Å². The second-order valence-corrected chi connectivity index (χ2v) is 16.9. The van der Waals surface area contributed by atoms with Crippen molar-refractivity contribution in [2.45, 2.75) is 136 Å². The summed E-state index contributed by atoms with van der Waals surface area (Å²) in [7, 11) is 0. The van der Waals surface area contributed by atoms with E-state index in [0.29, 0.717) is 12.8 Å². The van der Waals surface area contributed by atoms with Gasteiger partial charge >= 0.3 is 29.8 Å². The summed E-state index contributed by atoms with van der Waals surface area (Å²) in [6.45, 7) is 13.1. The Morgan fingerprint density at radius 3 is 2.09 bits per heavy atom. The van der Waals surface area contributed by atoms with E-state index in [4.69, 9.17) is 37.6 Å². The number of furan rings is 1. The van der Waals surface area contributed by atoms with Crippen LogP contribution in [0.25, 0.3) is 0 Å². The normalized spacial score (nSPS) is 46.0. The Balaban J connectivity index is 1.50. The lowest BCUT2D eigenvalue weighted by Gasteiger charge is -2.73. The highest BCUT2D eigenvalue weighted by molar-refractivity contribution is 5.93.